The Kier molecular flexibility index (Phi) is 3.02. The van der Waals surface area contributed by atoms with E-state index in [2.05, 4.69) is 4.98 Å². The molecule has 96 valence electrons. The van der Waals surface area contributed by atoms with Gasteiger partial charge in [-0.25, -0.2) is 9.78 Å². The second-order valence-electron chi connectivity index (χ2n) is 3.95. The quantitative estimate of drug-likeness (QED) is 0.768. The predicted molar refractivity (Wildman–Crippen MR) is 66.2 cm³/mol. The van der Waals surface area contributed by atoms with E-state index in [0.717, 1.165) is 0 Å². The number of carbonyl (C=O) groups excluding carboxylic acids is 1. The Hall–Kier alpha value is -2.56. The molecule has 0 unspecified atom stereocenters. The van der Waals surface area contributed by atoms with Crippen LogP contribution in [0.1, 0.15) is 0 Å². The van der Waals surface area contributed by atoms with E-state index in [1.54, 1.807) is 36.5 Å². The number of fused-ring (bicyclic) bond motifs is 1. The Morgan fingerprint density at radius 3 is 2.74 bits per heavy atom. The number of nitrogens with zero attached hydrogens (tertiary/aromatic N) is 1. The van der Waals surface area contributed by atoms with E-state index in [9.17, 15) is 4.79 Å². The molecule has 2 aromatic rings. The van der Waals surface area contributed by atoms with Crippen LogP contribution in [0.5, 0.6) is 17.4 Å². The lowest BCUT2D eigenvalue weighted by molar-refractivity contribution is -0.145. The van der Waals surface area contributed by atoms with Gasteiger partial charge in [0.2, 0.25) is 12.0 Å². The van der Waals surface area contributed by atoms with Crippen molar-refractivity contribution < 1.29 is 19.0 Å². The van der Waals surface area contributed by atoms with Gasteiger partial charge in [0.05, 0.1) is 0 Å². The second kappa shape index (κ2) is 4.97. The fourth-order valence-corrected chi connectivity index (χ4v) is 1.71. The summed E-state index contributed by atoms with van der Waals surface area (Å²) in [7, 11) is 0. The normalized spacial score (nSPS) is 16.7. The van der Waals surface area contributed by atoms with E-state index in [-0.39, 0.29) is 12.5 Å². The SMILES string of the molecule is O=C(Oc1ccccn1)[C@H]1COc2ccccc2O1. The van der Waals surface area contributed by atoms with Gasteiger partial charge in [0.1, 0.15) is 6.61 Å². The van der Waals surface area contributed by atoms with E-state index >= 15 is 0 Å². The molecule has 1 aromatic heterocycles. The lowest BCUT2D eigenvalue weighted by atomic mass is 10.2. The molecule has 0 radical (unpaired) electrons. The molecule has 0 fully saturated rings. The summed E-state index contributed by atoms with van der Waals surface area (Å²) in [6, 6.07) is 12.3. The number of carbonyl (C=O) groups is 1. The van der Waals surface area contributed by atoms with Crippen LogP contribution in [0.4, 0.5) is 0 Å². The maximum absolute atomic E-state index is 11.9. The van der Waals surface area contributed by atoms with Crippen molar-refractivity contribution >= 4 is 5.97 Å². The molecule has 3 rings (SSSR count). The molecule has 0 saturated heterocycles. The van der Waals surface area contributed by atoms with Crippen LogP contribution in [-0.4, -0.2) is 23.7 Å². The number of aromatic nitrogens is 1. The zero-order valence-corrected chi connectivity index (χ0v) is 9.98. The van der Waals surface area contributed by atoms with Gasteiger partial charge in [-0.2, -0.15) is 0 Å². The fourth-order valence-electron chi connectivity index (χ4n) is 1.71. The molecule has 0 aliphatic carbocycles. The number of ether oxygens (including phenoxy) is 3. The number of hydrogen-bond acceptors (Lipinski definition) is 5. The van der Waals surface area contributed by atoms with Crippen LogP contribution in [0.3, 0.4) is 0 Å². The highest BCUT2D eigenvalue weighted by Gasteiger charge is 2.29. The molecule has 1 atom stereocenters. The minimum absolute atomic E-state index is 0.128. The van der Waals surface area contributed by atoms with Crippen molar-refractivity contribution in [2.24, 2.45) is 0 Å². The third-order valence-electron chi connectivity index (χ3n) is 2.61. The van der Waals surface area contributed by atoms with Crippen molar-refractivity contribution in [3.8, 4) is 17.4 Å². The number of rotatable bonds is 2. The highest BCUT2D eigenvalue weighted by Crippen LogP contribution is 2.31. The van der Waals surface area contributed by atoms with Gasteiger partial charge < -0.3 is 14.2 Å². The van der Waals surface area contributed by atoms with Crippen molar-refractivity contribution in [1.82, 2.24) is 4.98 Å². The Labute approximate surface area is 109 Å². The van der Waals surface area contributed by atoms with E-state index in [1.807, 2.05) is 12.1 Å². The Morgan fingerprint density at radius 1 is 1.16 bits per heavy atom. The Morgan fingerprint density at radius 2 is 1.95 bits per heavy atom. The summed E-state index contributed by atoms with van der Waals surface area (Å²) < 4.78 is 16.1. The second-order valence-corrected chi connectivity index (χ2v) is 3.95. The van der Waals surface area contributed by atoms with Crippen LogP contribution in [0.15, 0.2) is 48.7 Å². The molecule has 5 nitrogen and oxygen atoms in total. The first-order valence-electron chi connectivity index (χ1n) is 5.84. The number of para-hydroxylation sites is 2. The minimum Gasteiger partial charge on any atom is -0.485 e. The van der Waals surface area contributed by atoms with Gasteiger partial charge in [0.25, 0.3) is 0 Å². The summed E-state index contributed by atoms with van der Waals surface area (Å²) >= 11 is 0. The van der Waals surface area contributed by atoms with Crippen LogP contribution in [0, 0.1) is 0 Å². The van der Waals surface area contributed by atoms with Gasteiger partial charge in [0.15, 0.2) is 11.5 Å². The standard InChI is InChI=1S/C14H11NO4/c16-14(19-13-7-3-4-8-15-13)12-9-17-10-5-1-2-6-11(10)18-12/h1-8,12H,9H2/t12-/m1/s1. The molecule has 1 aliphatic rings. The molecule has 0 bridgehead atoms. The number of hydrogen-bond donors (Lipinski definition) is 0. The van der Waals surface area contributed by atoms with Crippen LogP contribution >= 0.6 is 0 Å². The maximum Gasteiger partial charge on any atom is 0.357 e. The van der Waals surface area contributed by atoms with Crippen molar-refractivity contribution in [2.45, 2.75) is 6.10 Å². The third-order valence-corrected chi connectivity index (χ3v) is 2.61. The number of esters is 1. The highest BCUT2D eigenvalue weighted by atomic mass is 16.6. The van der Waals surface area contributed by atoms with Crippen molar-refractivity contribution in [3.63, 3.8) is 0 Å². The van der Waals surface area contributed by atoms with Crippen molar-refractivity contribution in [2.75, 3.05) is 6.61 Å². The van der Waals surface area contributed by atoms with Gasteiger partial charge in [-0.05, 0) is 18.2 Å². The van der Waals surface area contributed by atoms with Crippen molar-refractivity contribution in [3.05, 3.63) is 48.7 Å². The van der Waals surface area contributed by atoms with E-state index in [0.29, 0.717) is 11.5 Å². The number of benzene rings is 1. The van der Waals surface area contributed by atoms with E-state index < -0.39 is 12.1 Å². The Balaban J connectivity index is 1.70. The van der Waals surface area contributed by atoms with Gasteiger partial charge in [-0.15, -0.1) is 0 Å². The molecular weight excluding hydrogens is 246 g/mol. The highest BCUT2D eigenvalue weighted by molar-refractivity contribution is 5.78. The topological polar surface area (TPSA) is 57.7 Å². The third kappa shape index (κ3) is 2.49. The molecule has 2 heterocycles. The monoisotopic (exact) mass is 257 g/mol. The minimum atomic E-state index is -0.781. The zero-order chi connectivity index (χ0) is 13.1. The average Bonchev–Trinajstić information content (AvgIpc) is 2.48. The number of pyridine rings is 1. The zero-order valence-electron chi connectivity index (χ0n) is 9.98. The van der Waals surface area contributed by atoms with Crippen LogP contribution in [0.2, 0.25) is 0 Å². The summed E-state index contributed by atoms with van der Waals surface area (Å²) in [5, 5.41) is 0. The van der Waals surface area contributed by atoms with Gasteiger partial charge in [-0.3, -0.25) is 0 Å². The smallest absolute Gasteiger partial charge is 0.357 e. The fraction of sp³-hybridized carbons (Fsp3) is 0.143. The van der Waals surface area contributed by atoms with E-state index in [1.165, 1.54) is 0 Å². The first kappa shape index (κ1) is 11.5. The summed E-state index contributed by atoms with van der Waals surface area (Å²) in [6.07, 6.45) is 0.771. The largest absolute Gasteiger partial charge is 0.485 e. The summed E-state index contributed by atoms with van der Waals surface area (Å²) in [5.74, 6) is 0.893. The molecule has 0 N–H and O–H groups in total. The molecule has 1 aliphatic heterocycles. The summed E-state index contributed by atoms with van der Waals surface area (Å²) in [6.45, 7) is 0.128. The summed E-state index contributed by atoms with van der Waals surface area (Å²) in [5.41, 5.74) is 0. The van der Waals surface area contributed by atoms with Crippen molar-refractivity contribution in [1.29, 1.82) is 0 Å². The van der Waals surface area contributed by atoms with Gasteiger partial charge in [-0.1, -0.05) is 18.2 Å². The molecule has 0 spiro atoms. The van der Waals surface area contributed by atoms with Crippen LogP contribution < -0.4 is 14.2 Å². The molecule has 0 amide bonds. The van der Waals surface area contributed by atoms with Gasteiger partial charge >= 0.3 is 5.97 Å². The van der Waals surface area contributed by atoms with E-state index in [4.69, 9.17) is 14.2 Å². The molecule has 0 saturated carbocycles. The lowest BCUT2D eigenvalue weighted by Gasteiger charge is -2.24. The lowest BCUT2D eigenvalue weighted by Crippen LogP contribution is -2.39. The molecular formula is C14H11NO4. The maximum atomic E-state index is 11.9. The summed E-state index contributed by atoms with van der Waals surface area (Å²) in [4.78, 5) is 15.8. The molecule has 1 aromatic carbocycles. The first-order valence-corrected chi connectivity index (χ1v) is 5.84. The van der Waals surface area contributed by atoms with Gasteiger partial charge in [0, 0.05) is 12.3 Å². The molecule has 5 heteroatoms. The average molecular weight is 257 g/mol. The Bertz CT molecular complexity index is 585. The first-order chi connectivity index (χ1) is 9.33. The van der Waals surface area contributed by atoms with Crippen LogP contribution in [-0.2, 0) is 4.79 Å². The predicted octanol–water partition coefficient (Wildman–Crippen LogP) is 1.83. The molecule has 19 heavy (non-hydrogen) atoms. The van der Waals surface area contributed by atoms with Crippen LogP contribution in [0.25, 0.3) is 0 Å².